The van der Waals surface area contributed by atoms with Gasteiger partial charge in [0.2, 0.25) is 34.8 Å². The minimum atomic E-state index is -5.83. The third-order valence-corrected chi connectivity index (χ3v) is 32.9. The van der Waals surface area contributed by atoms with Gasteiger partial charge in [0.05, 0.1) is 17.5 Å². The highest BCUT2D eigenvalue weighted by molar-refractivity contribution is 7.97. The first-order valence-electron chi connectivity index (χ1n) is 45.2. The number of hydrogen-bond acceptors (Lipinski definition) is 13. The zero-order valence-electron chi connectivity index (χ0n) is 78.4. The fourth-order valence-corrected chi connectivity index (χ4v) is 24.9. The summed E-state index contributed by atoms with van der Waals surface area (Å²) >= 11 is 0. The van der Waals surface area contributed by atoms with Crippen LogP contribution in [0.15, 0.2) is 302 Å². The van der Waals surface area contributed by atoms with E-state index < -0.39 is 144 Å². The number of halogens is 12. The summed E-state index contributed by atoms with van der Waals surface area (Å²) in [4.78, 5) is 0.662. The minimum absolute atomic E-state index is 0.0146. The van der Waals surface area contributed by atoms with E-state index in [1.165, 1.54) is 137 Å². The second-order valence-electron chi connectivity index (χ2n) is 34.7. The fourth-order valence-electron chi connectivity index (χ4n) is 16.1. The molecular weight excluding hydrogens is 1950 g/mol. The number of hydrogen-bond donors (Lipinski definition) is 0. The molecule has 14 aromatic carbocycles. The van der Waals surface area contributed by atoms with Gasteiger partial charge in [-0.1, -0.05) is 241 Å². The van der Waals surface area contributed by atoms with Gasteiger partial charge in [0.25, 0.3) is 0 Å². The van der Waals surface area contributed by atoms with Crippen molar-refractivity contribution >= 4 is 99.6 Å². The molecule has 2 aliphatic rings. The van der Waals surface area contributed by atoms with Crippen LogP contribution in [0.25, 0.3) is 41.9 Å². The molecule has 1 aliphatic carbocycles. The number of thiophene rings is 1. The lowest BCUT2D eigenvalue weighted by Gasteiger charge is -2.23. The van der Waals surface area contributed by atoms with Gasteiger partial charge in [-0.05, 0) is 199 Å². The van der Waals surface area contributed by atoms with Crippen LogP contribution in [-0.2, 0) is 52.1 Å². The Morgan fingerprint density at radius 2 is 0.745 bits per heavy atom. The fraction of sp³-hybridized carbons (Fsp3) is 0.236. The van der Waals surface area contributed by atoms with E-state index in [1.54, 1.807) is 32.6 Å². The minimum Gasteiger partial charge on any atom is -0.744 e. The lowest BCUT2D eigenvalue weighted by atomic mass is 9.88. The van der Waals surface area contributed by atoms with E-state index in [2.05, 4.69) is 213 Å². The highest BCUT2D eigenvalue weighted by atomic mass is 32.2. The molecule has 0 amide bonds. The van der Waals surface area contributed by atoms with E-state index in [0.717, 1.165) is 36.0 Å². The van der Waals surface area contributed by atoms with Crippen LogP contribution in [0.5, 0.6) is 40.2 Å². The summed E-state index contributed by atoms with van der Waals surface area (Å²) in [6.45, 7) is 22.5. The van der Waals surface area contributed by atoms with Crippen molar-refractivity contribution in [1.29, 1.82) is 0 Å². The molecule has 31 heteroatoms. The maximum Gasteiger partial charge on any atom is 0.205 e. The SMILES string of the molecule is C=Cc1ccc(Oc2c(F)c(F)c(S(=O)(=O)[O-])c(F)c2F)cc1.CC(C)c1cc(C(C)C)c(Oc2cc(F)c(F)c(S(=O)(=O)[O-])c2F)c(C(C)C)c1.CC(C)c1cc(F)cc(C(C)C)c1Oc1c(F)c(F)c(S(=O)(=O)[O-])c(F)c1F.c1ccc(-[s+]2c3ccccc3c3ccccc32)cc1.c1ccc([S+](c2ccccc2)c2ccccc2)cc1.c1ccc2c([S+]3CCCC3)ccc(OCC3CCCCC3)c2c1. The van der Waals surface area contributed by atoms with Crippen molar-refractivity contribution in [2.45, 2.75) is 178 Å². The molecule has 0 spiro atoms. The molecule has 2 fully saturated rings. The molecule has 15 aromatic rings. The highest BCUT2D eigenvalue weighted by Gasteiger charge is 2.37. The second-order valence-corrected chi connectivity index (χ2v) is 44.9. The van der Waals surface area contributed by atoms with Crippen LogP contribution in [0, 0.1) is 75.7 Å². The van der Waals surface area contributed by atoms with E-state index in [1.807, 2.05) is 53.7 Å². The zero-order valence-corrected chi connectivity index (χ0v) is 83.3. The van der Waals surface area contributed by atoms with Gasteiger partial charge >= 0.3 is 0 Å². The number of benzene rings is 14. The van der Waals surface area contributed by atoms with Crippen LogP contribution in [-0.4, -0.2) is 57.0 Å². The van der Waals surface area contributed by atoms with E-state index in [-0.39, 0.29) is 67.5 Å². The normalized spacial score (nSPS) is 13.0. The largest absolute Gasteiger partial charge is 0.744 e. The monoisotopic (exact) mass is 2050 g/mol. The van der Waals surface area contributed by atoms with Gasteiger partial charge in [0, 0.05) is 60.1 Å². The molecule has 1 saturated heterocycles. The van der Waals surface area contributed by atoms with Crippen molar-refractivity contribution in [3.8, 4) is 45.1 Å². The standard InChI is InChI=1S/C21H25F3O4S.C21H27OS.C18H17F5O4S.C18H13S.C18H15S.C14H8F4O4S/c1-10(2)13-7-14(11(3)4)20(15(8-13)12(5)6)28-17-9-16(22)18(23)21(19(17)24)29(25,26)27;1-2-8-17(9-3-1)16-22-20-12-13-21(23-14-6-7-15-23)19-11-5-4-10-18(19)20;1-7(2)10-5-9(19)6-11(8(3)4)16(10)27-17-12(20)14(22)18(28(24,25)26)15(23)13(17)21;1-2-8-14(9-3-1)19-17-12-6-4-10-15(17)16-11-5-7-13-18(16)19;1-4-10-16(11-5-1)19(17-12-6-2-7-13-17)18-14-8-3-9-15-18;1-2-7-3-5-8(6-4-7)22-13-9(15)11(17)14(23(19,20)21)12(18)10(13)16/h7-12H,1-6H3,(H,25,26,27);4-5,10-13,17H,1-3,6-9,14-16H2;5-8H,1-4H3,(H,24,25,26);1-13H;1-15H;2-6H,1H2,(H,19,20,21)/q;+1;;2*+1;/p-3. The third-order valence-electron chi connectivity index (χ3n) is 23.2. The van der Waals surface area contributed by atoms with E-state index >= 15 is 0 Å². The molecule has 0 N–H and O–H groups in total. The van der Waals surface area contributed by atoms with E-state index in [0.29, 0.717) is 33.7 Å². The zero-order chi connectivity index (χ0) is 102. The van der Waals surface area contributed by atoms with Gasteiger partial charge in [-0.15, -0.1) is 0 Å². The van der Waals surface area contributed by atoms with Crippen LogP contribution in [0.3, 0.4) is 0 Å². The molecule has 1 aromatic heterocycles. The van der Waals surface area contributed by atoms with Crippen molar-refractivity contribution < 1.29 is 111 Å². The first kappa shape index (κ1) is 108. The van der Waals surface area contributed by atoms with Crippen LogP contribution >= 0.6 is 10.5 Å². The average molecular weight is 2050 g/mol. The summed E-state index contributed by atoms with van der Waals surface area (Å²) < 4.78 is 291. The first-order chi connectivity index (χ1) is 67.0. The van der Waals surface area contributed by atoms with Crippen LogP contribution in [0.1, 0.15) is 177 Å². The summed E-state index contributed by atoms with van der Waals surface area (Å²) in [6, 6.07) is 85.7. The van der Waals surface area contributed by atoms with Gasteiger partial charge in [-0.2, -0.15) is 17.6 Å². The molecule has 740 valence electrons. The Hall–Kier alpha value is -11.9. The van der Waals surface area contributed by atoms with Crippen LogP contribution in [0.2, 0.25) is 0 Å². The molecule has 2 heterocycles. The van der Waals surface area contributed by atoms with E-state index in [4.69, 9.17) is 18.9 Å². The molecule has 0 atom stereocenters. The summed E-state index contributed by atoms with van der Waals surface area (Å²) in [5.74, 6) is -24.5. The first-order valence-corrected chi connectivity index (χ1v) is 53.5. The van der Waals surface area contributed by atoms with Crippen molar-refractivity contribution in [2.75, 3.05) is 18.1 Å². The smallest absolute Gasteiger partial charge is 0.205 e. The van der Waals surface area contributed by atoms with Crippen molar-refractivity contribution in [3.63, 3.8) is 0 Å². The molecule has 1 aliphatic heterocycles. The summed E-state index contributed by atoms with van der Waals surface area (Å²) in [5, 5.41) is 5.54. The lowest BCUT2D eigenvalue weighted by Crippen LogP contribution is -2.15. The lowest BCUT2D eigenvalue weighted by molar-refractivity contribution is 0.210. The number of rotatable bonds is 23. The Kier molecular flexibility index (Phi) is 36.6. The van der Waals surface area contributed by atoms with Crippen LogP contribution in [0.4, 0.5) is 52.7 Å². The topological polar surface area (TPSA) is 209 Å². The Morgan fingerprint density at radius 3 is 1.16 bits per heavy atom. The van der Waals surface area contributed by atoms with Crippen molar-refractivity contribution in [2.24, 2.45) is 5.92 Å². The van der Waals surface area contributed by atoms with Gasteiger partial charge in [-0.3, -0.25) is 0 Å². The van der Waals surface area contributed by atoms with Gasteiger partial charge in [0.1, 0.15) is 85.4 Å². The molecule has 141 heavy (non-hydrogen) atoms. The predicted molar refractivity (Wildman–Crippen MR) is 530 cm³/mol. The Morgan fingerprint density at radius 1 is 0.369 bits per heavy atom. The maximum atomic E-state index is 14.7. The number of ether oxygens (including phenoxy) is 4. The average Bonchev–Trinajstić information content (AvgIpc) is 1.64. The second kappa shape index (κ2) is 47.8. The van der Waals surface area contributed by atoms with Gasteiger partial charge in [-0.25, -0.2) is 60.4 Å². The Labute approximate surface area is 822 Å². The molecular formula is C110H102F12O13S6. The van der Waals surface area contributed by atoms with Gasteiger partial charge < -0.3 is 32.6 Å². The number of fused-ring (bicyclic) bond motifs is 4. The Bertz CT molecular complexity index is 7050. The molecule has 0 unspecified atom stereocenters. The van der Waals surface area contributed by atoms with Crippen molar-refractivity contribution in [3.05, 3.63) is 371 Å². The quantitative estimate of drug-likeness (QED) is 0.0253. The third kappa shape index (κ3) is 26.0. The summed E-state index contributed by atoms with van der Waals surface area (Å²) in [6.07, 6.45) is 11.1. The van der Waals surface area contributed by atoms with E-state index in [9.17, 15) is 91.6 Å². The van der Waals surface area contributed by atoms with Gasteiger partial charge in [0.15, 0.2) is 80.3 Å². The molecule has 0 radical (unpaired) electrons. The van der Waals surface area contributed by atoms with Crippen molar-refractivity contribution in [1.82, 2.24) is 0 Å². The molecule has 13 nitrogen and oxygen atoms in total. The summed E-state index contributed by atoms with van der Waals surface area (Å²) in [5.41, 5.74) is 3.42. The highest BCUT2D eigenvalue weighted by Crippen LogP contribution is 2.50. The molecule has 17 rings (SSSR count). The summed E-state index contributed by atoms with van der Waals surface area (Å²) in [7, 11) is -16.7. The maximum absolute atomic E-state index is 14.7. The Balaban J connectivity index is 0.000000152. The molecule has 1 saturated carbocycles. The molecule has 0 bridgehead atoms. The van der Waals surface area contributed by atoms with Crippen LogP contribution < -0.4 is 18.9 Å². The predicted octanol–water partition coefficient (Wildman–Crippen LogP) is 31.2.